The number of amides is 1. The summed E-state index contributed by atoms with van der Waals surface area (Å²) in [6, 6.07) is 10.9. The molecule has 1 saturated carbocycles. The minimum Gasteiger partial charge on any atom is -0.490 e. The quantitative estimate of drug-likeness (QED) is 0.882. The fourth-order valence-electron chi connectivity index (χ4n) is 3.05. The molecule has 5 nitrogen and oxygen atoms in total. The third-order valence-electron chi connectivity index (χ3n) is 4.55. The van der Waals surface area contributed by atoms with Gasteiger partial charge in [-0.15, -0.1) is 0 Å². The van der Waals surface area contributed by atoms with Crippen molar-refractivity contribution in [3.8, 4) is 11.8 Å². The van der Waals surface area contributed by atoms with Crippen LogP contribution < -0.4 is 10.1 Å². The van der Waals surface area contributed by atoms with Crippen molar-refractivity contribution in [1.82, 2.24) is 10.3 Å². The number of ether oxygens (including phenoxy) is 1. The highest BCUT2D eigenvalue weighted by atomic mass is 35.5. The first kappa shape index (κ1) is 18.2. The lowest BCUT2D eigenvalue weighted by Gasteiger charge is -2.29. The van der Waals surface area contributed by atoms with Crippen molar-refractivity contribution in [3.05, 3.63) is 58.4 Å². The van der Waals surface area contributed by atoms with E-state index >= 15 is 0 Å². The topological polar surface area (TPSA) is 75.0 Å². The molecule has 1 aromatic heterocycles. The van der Waals surface area contributed by atoms with E-state index in [9.17, 15) is 4.79 Å². The number of nitrogens with zero attached hydrogens (tertiary/aromatic N) is 2. The Bertz CT molecular complexity index is 822. The van der Waals surface area contributed by atoms with Crippen molar-refractivity contribution in [3.63, 3.8) is 0 Å². The molecule has 134 valence electrons. The number of nitriles is 1. The van der Waals surface area contributed by atoms with E-state index in [2.05, 4.69) is 10.3 Å². The normalized spacial score (nSPS) is 19.4. The van der Waals surface area contributed by atoms with Gasteiger partial charge in [-0.1, -0.05) is 11.6 Å². The van der Waals surface area contributed by atoms with Gasteiger partial charge in [-0.2, -0.15) is 5.26 Å². The third kappa shape index (κ3) is 4.53. The molecular weight excluding hydrogens is 350 g/mol. The lowest BCUT2D eigenvalue weighted by molar-refractivity contribution is 0.0893. The molecule has 6 heteroatoms. The van der Waals surface area contributed by atoms with Gasteiger partial charge in [0.05, 0.1) is 22.3 Å². The molecule has 1 fully saturated rings. The largest absolute Gasteiger partial charge is 0.490 e. The molecule has 1 aliphatic rings. The Labute approximate surface area is 158 Å². The van der Waals surface area contributed by atoms with E-state index in [4.69, 9.17) is 21.6 Å². The maximum Gasteiger partial charge on any atom is 0.253 e. The molecule has 1 aromatic carbocycles. The molecule has 3 rings (SSSR count). The van der Waals surface area contributed by atoms with E-state index in [0.29, 0.717) is 21.9 Å². The molecule has 1 aliphatic carbocycles. The van der Waals surface area contributed by atoms with Crippen molar-refractivity contribution in [2.45, 2.75) is 44.8 Å². The molecule has 0 aliphatic heterocycles. The molecule has 1 N–H and O–H groups in total. The smallest absolute Gasteiger partial charge is 0.253 e. The first-order valence-corrected chi connectivity index (χ1v) is 9.03. The number of aromatic nitrogens is 1. The number of aryl methyl sites for hydroxylation is 1. The number of pyridine rings is 1. The fraction of sp³-hybridized carbons (Fsp3) is 0.350. The molecule has 0 unspecified atom stereocenters. The van der Waals surface area contributed by atoms with Gasteiger partial charge in [-0.3, -0.25) is 9.78 Å². The van der Waals surface area contributed by atoms with E-state index in [1.165, 1.54) is 0 Å². The van der Waals surface area contributed by atoms with Crippen molar-refractivity contribution in [1.29, 1.82) is 5.26 Å². The van der Waals surface area contributed by atoms with Crippen LogP contribution in [-0.2, 0) is 0 Å². The summed E-state index contributed by atoms with van der Waals surface area (Å²) in [7, 11) is 0. The summed E-state index contributed by atoms with van der Waals surface area (Å²) in [6.45, 7) is 1.89. The van der Waals surface area contributed by atoms with Crippen LogP contribution in [0.15, 0.2) is 36.5 Å². The number of hydrogen-bond donors (Lipinski definition) is 1. The van der Waals surface area contributed by atoms with Crippen LogP contribution in [0.3, 0.4) is 0 Å². The second kappa shape index (κ2) is 8.20. The monoisotopic (exact) mass is 369 g/mol. The Morgan fingerprint density at radius 1 is 1.27 bits per heavy atom. The van der Waals surface area contributed by atoms with Crippen LogP contribution in [0.25, 0.3) is 0 Å². The molecule has 0 atom stereocenters. The maximum atomic E-state index is 12.3. The van der Waals surface area contributed by atoms with E-state index in [1.54, 1.807) is 30.5 Å². The highest BCUT2D eigenvalue weighted by Crippen LogP contribution is 2.27. The summed E-state index contributed by atoms with van der Waals surface area (Å²) in [5.74, 6) is 0.591. The third-order valence-corrected chi connectivity index (χ3v) is 4.86. The molecule has 0 spiro atoms. The summed E-state index contributed by atoms with van der Waals surface area (Å²) in [5, 5.41) is 12.4. The molecule has 0 bridgehead atoms. The van der Waals surface area contributed by atoms with Gasteiger partial charge in [0, 0.05) is 24.0 Å². The van der Waals surface area contributed by atoms with Crippen LogP contribution in [0, 0.1) is 18.3 Å². The average Bonchev–Trinajstić information content (AvgIpc) is 2.64. The Morgan fingerprint density at radius 2 is 2.04 bits per heavy atom. The van der Waals surface area contributed by atoms with Gasteiger partial charge in [0.1, 0.15) is 11.8 Å². The standard InChI is InChI=1S/C20H20ClN3O2/c1-13-2-3-15(12-23-13)20(25)24-16-5-8-17(9-6-16)26-18-7-4-14(11-22)19(21)10-18/h2-4,7,10,12,16-17H,5-6,8-9H2,1H3,(H,24,25)/t16-,17-. The minimum absolute atomic E-state index is 0.0826. The maximum absolute atomic E-state index is 12.3. The van der Waals surface area contributed by atoms with Crippen molar-refractivity contribution < 1.29 is 9.53 Å². The number of carbonyl (C=O) groups is 1. The Kier molecular flexibility index (Phi) is 5.75. The van der Waals surface area contributed by atoms with Crippen LogP contribution in [0.4, 0.5) is 0 Å². The summed E-state index contributed by atoms with van der Waals surface area (Å²) < 4.78 is 5.97. The lowest BCUT2D eigenvalue weighted by atomic mass is 9.92. The van der Waals surface area contributed by atoms with E-state index in [0.717, 1.165) is 31.4 Å². The second-order valence-corrected chi connectivity index (χ2v) is 6.91. The van der Waals surface area contributed by atoms with Gasteiger partial charge in [-0.05, 0) is 56.9 Å². The number of nitrogens with one attached hydrogen (secondary N) is 1. The Hall–Kier alpha value is -2.58. The van der Waals surface area contributed by atoms with E-state index in [1.807, 2.05) is 19.1 Å². The molecule has 1 amide bonds. The summed E-state index contributed by atoms with van der Waals surface area (Å²) in [5.41, 5.74) is 1.92. The molecule has 0 radical (unpaired) electrons. The first-order chi connectivity index (χ1) is 12.5. The number of hydrogen-bond acceptors (Lipinski definition) is 4. The van der Waals surface area contributed by atoms with Gasteiger partial charge in [0.15, 0.2) is 0 Å². The van der Waals surface area contributed by atoms with Gasteiger partial charge < -0.3 is 10.1 Å². The highest BCUT2D eigenvalue weighted by Gasteiger charge is 2.24. The summed E-state index contributed by atoms with van der Waals surface area (Å²) in [4.78, 5) is 16.4. The summed E-state index contributed by atoms with van der Waals surface area (Å²) in [6.07, 6.45) is 5.13. The van der Waals surface area contributed by atoms with Crippen molar-refractivity contribution >= 4 is 17.5 Å². The zero-order valence-corrected chi connectivity index (χ0v) is 15.3. The number of benzene rings is 1. The number of carbonyl (C=O) groups excluding carboxylic acids is 1. The van der Waals surface area contributed by atoms with Crippen LogP contribution in [-0.4, -0.2) is 23.0 Å². The second-order valence-electron chi connectivity index (χ2n) is 6.51. The minimum atomic E-state index is -0.0826. The van der Waals surface area contributed by atoms with Gasteiger partial charge in [-0.25, -0.2) is 0 Å². The molecule has 1 heterocycles. The van der Waals surface area contributed by atoms with Gasteiger partial charge >= 0.3 is 0 Å². The average molecular weight is 370 g/mol. The first-order valence-electron chi connectivity index (χ1n) is 8.65. The van der Waals surface area contributed by atoms with Crippen molar-refractivity contribution in [2.75, 3.05) is 0 Å². The van der Waals surface area contributed by atoms with Crippen molar-refractivity contribution in [2.24, 2.45) is 0 Å². The van der Waals surface area contributed by atoms with E-state index < -0.39 is 0 Å². The predicted octanol–water partition coefficient (Wildman–Crippen LogP) is 4.04. The summed E-state index contributed by atoms with van der Waals surface area (Å²) >= 11 is 6.04. The SMILES string of the molecule is Cc1ccc(C(=O)N[C@H]2CC[C@H](Oc3ccc(C#N)c(Cl)c3)CC2)cn1. The van der Waals surface area contributed by atoms with Crippen LogP contribution in [0.5, 0.6) is 5.75 Å². The van der Waals surface area contributed by atoms with Crippen LogP contribution >= 0.6 is 11.6 Å². The predicted molar refractivity (Wildman–Crippen MR) is 99.3 cm³/mol. The lowest BCUT2D eigenvalue weighted by Crippen LogP contribution is -2.39. The number of halogens is 1. The van der Waals surface area contributed by atoms with Gasteiger partial charge in [0.2, 0.25) is 0 Å². The Balaban J connectivity index is 1.49. The molecule has 0 saturated heterocycles. The van der Waals surface area contributed by atoms with E-state index in [-0.39, 0.29) is 18.1 Å². The molecule has 26 heavy (non-hydrogen) atoms. The zero-order valence-electron chi connectivity index (χ0n) is 14.5. The van der Waals surface area contributed by atoms with Crippen LogP contribution in [0.2, 0.25) is 5.02 Å². The fourth-order valence-corrected chi connectivity index (χ4v) is 3.26. The molecule has 2 aromatic rings. The zero-order chi connectivity index (χ0) is 18.5. The molecular formula is C20H20ClN3O2. The van der Waals surface area contributed by atoms with Crippen LogP contribution in [0.1, 0.15) is 47.3 Å². The number of rotatable bonds is 4. The Morgan fingerprint density at radius 3 is 2.65 bits per heavy atom. The van der Waals surface area contributed by atoms with Gasteiger partial charge in [0.25, 0.3) is 5.91 Å². The highest BCUT2D eigenvalue weighted by molar-refractivity contribution is 6.31.